The predicted molar refractivity (Wildman–Crippen MR) is 97.4 cm³/mol. The first-order valence-corrected chi connectivity index (χ1v) is 8.71. The van der Waals surface area contributed by atoms with E-state index in [1.54, 1.807) is 20.1 Å². The average Bonchev–Trinajstić information content (AvgIpc) is 2.62. The van der Waals surface area contributed by atoms with E-state index in [4.69, 9.17) is 4.74 Å². The molecular formula is C19H24N4O2. The molecule has 1 aliphatic rings. The van der Waals surface area contributed by atoms with Crippen LogP contribution >= 0.6 is 0 Å². The van der Waals surface area contributed by atoms with Gasteiger partial charge in [0.1, 0.15) is 23.1 Å². The Morgan fingerprint density at radius 1 is 1.16 bits per heavy atom. The van der Waals surface area contributed by atoms with Gasteiger partial charge in [0.25, 0.3) is 5.91 Å². The van der Waals surface area contributed by atoms with Crippen LogP contribution in [0.3, 0.4) is 0 Å². The number of carbonyl (C=O) groups is 1. The highest BCUT2D eigenvalue weighted by Gasteiger charge is 2.18. The van der Waals surface area contributed by atoms with Crippen LogP contribution in [0.4, 0.5) is 11.5 Å². The molecular weight excluding hydrogens is 316 g/mol. The standard InChI is InChI=1S/C19H24N4O2/c1-13-20-17(19(24)23-14-7-4-3-5-8-14)12-18(21-13)22-15-9-6-10-16(11-15)25-2/h6,9-12,14H,3-5,7-8H2,1-2H3,(H,23,24)(H,20,21,22). The largest absolute Gasteiger partial charge is 0.497 e. The number of methoxy groups -OCH3 is 1. The Hall–Kier alpha value is -2.63. The lowest BCUT2D eigenvalue weighted by Crippen LogP contribution is -2.36. The minimum atomic E-state index is -0.133. The van der Waals surface area contributed by atoms with Gasteiger partial charge in [-0.1, -0.05) is 25.3 Å². The molecule has 1 amide bonds. The lowest BCUT2D eigenvalue weighted by atomic mass is 9.95. The number of carbonyl (C=O) groups excluding carboxylic acids is 1. The van der Waals surface area contributed by atoms with E-state index in [9.17, 15) is 4.79 Å². The lowest BCUT2D eigenvalue weighted by Gasteiger charge is -2.22. The molecule has 2 N–H and O–H groups in total. The van der Waals surface area contributed by atoms with Gasteiger partial charge in [0.2, 0.25) is 0 Å². The van der Waals surface area contributed by atoms with E-state index in [-0.39, 0.29) is 11.9 Å². The third-order valence-electron chi connectivity index (χ3n) is 4.35. The van der Waals surface area contributed by atoms with Crippen LogP contribution in [0.15, 0.2) is 30.3 Å². The number of benzene rings is 1. The van der Waals surface area contributed by atoms with Gasteiger partial charge in [-0.25, -0.2) is 9.97 Å². The fraction of sp³-hybridized carbons (Fsp3) is 0.421. The average molecular weight is 340 g/mol. The summed E-state index contributed by atoms with van der Waals surface area (Å²) in [5.41, 5.74) is 1.24. The molecule has 6 nitrogen and oxygen atoms in total. The third-order valence-corrected chi connectivity index (χ3v) is 4.35. The van der Waals surface area contributed by atoms with Gasteiger partial charge in [-0.2, -0.15) is 0 Å². The first kappa shape index (κ1) is 17.2. The number of anilines is 2. The Morgan fingerprint density at radius 2 is 1.96 bits per heavy atom. The molecule has 1 aromatic carbocycles. The predicted octanol–water partition coefficient (Wildman–Crippen LogP) is 3.60. The second-order valence-electron chi connectivity index (χ2n) is 6.35. The number of aryl methyl sites for hydroxylation is 1. The molecule has 1 fully saturated rings. The molecule has 2 aromatic rings. The molecule has 0 radical (unpaired) electrons. The Labute approximate surface area is 148 Å². The Kier molecular flexibility index (Phi) is 5.48. The number of hydrogen-bond acceptors (Lipinski definition) is 5. The van der Waals surface area contributed by atoms with Crippen molar-refractivity contribution >= 4 is 17.4 Å². The summed E-state index contributed by atoms with van der Waals surface area (Å²) in [6, 6.07) is 9.50. The van der Waals surface area contributed by atoms with E-state index in [0.29, 0.717) is 17.3 Å². The molecule has 0 spiro atoms. The molecule has 0 bridgehead atoms. The second kappa shape index (κ2) is 7.96. The van der Waals surface area contributed by atoms with Crippen molar-refractivity contribution in [1.29, 1.82) is 0 Å². The molecule has 3 rings (SSSR count). The topological polar surface area (TPSA) is 76.1 Å². The summed E-state index contributed by atoms with van der Waals surface area (Å²) in [5.74, 6) is 1.77. The van der Waals surface area contributed by atoms with Gasteiger partial charge in [-0.3, -0.25) is 4.79 Å². The molecule has 6 heteroatoms. The number of aromatic nitrogens is 2. The SMILES string of the molecule is COc1cccc(Nc2cc(C(=O)NC3CCCCC3)nc(C)n2)c1. The highest BCUT2D eigenvalue weighted by Crippen LogP contribution is 2.21. The zero-order valence-electron chi connectivity index (χ0n) is 14.7. The van der Waals surface area contributed by atoms with Gasteiger partial charge in [0, 0.05) is 23.9 Å². The second-order valence-corrected chi connectivity index (χ2v) is 6.35. The molecule has 132 valence electrons. The van der Waals surface area contributed by atoms with Gasteiger partial charge >= 0.3 is 0 Å². The maximum atomic E-state index is 12.5. The third kappa shape index (κ3) is 4.68. The van der Waals surface area contributed by atoms with Crippen molar-refractivity contribution in [2.45, 2.75) is 45.1 Å². The summed E-state index contributed by atoms with van der Waals surface area (Å²) in [7, 11) is 1.63. The monoisotopic (exact) mass is 340 g/mol. The molecule has 25 heavy (non-hydrogen) atoms. The number of nitrogens with zero attached hydrogens (tertiary/aromatic N) is 2. The Bertz CT molecular complexity index is 742. The summed E-state index contributed by atoms with van der Waals surface area (Å²) >= 11 is 0. The van der Waals surface area contributed by atoms with Crippen LogP contribution < -0.4 is 15.4 Å². The number of nitrogens with one attached hydrogen (secondary N) is 2. The van der Waals surface area contributed by atoms with Crippen LogP contribution in [0.5, 0.6) is 5.75 Å². The first-order valence-electron chi connectivity index (χ1n) is 8.71. The Morgan fingerprint density at radius 3 is 2.72 bits per heavy atom. The van der Waals surface area contributed by atoms with Crippen LogP contribution in [0.1, 0.15) is 48.4 Å². The van der Waals surface area contributed by atoms with E-state index in [2.05, 4.69) is 20.6 Å². The van der Waals surface area contributed by atoms with Crippen molar-refractivity contribution in [3.63, 3.8) is 0 Å². The van der Waals surface area contributed by atoms with Gasteiger partial charge in [0.05, 0.1) is 7.11 Å². The maximum absolute atomic E-state index is 12.5. The zero-order valence-corrected chi connectivity index (χ0v) is 14.7. The highest BCUT2D eigenvalue weighted by molar-refractivity contribution is 5.93. The number of amides is 1. The fourth-order valence-corrected chi connectivity index (χ4v) is 3.10. The van der Waals surface area contributed by atoms with Crippen LogP contribution in [0.25, 0.3) is 0 Å². The smallest absolute Gasteiger partial charge is 0.270 e. The van der Waals surface area contributed by atoms with Crippen LogP contribution in [-0.2, 0) is 0 Å². The quantitative estimate of drug-likeness (QED) is 0.870. The molecule has 1 aliphatic carbocycles. The molecule has 1 saturated carbocycles. The number of ether oxygens (including phenoxy) is 1. The van der Waals surface area contributed by atoms with Crippen molar-refractivity contribution in [1.82, 2.24) is 15.3 Å². The summed E-state index contributed by atoms with van der Waals surface area (Å²) in [6.45, 7) is 1.79. The van der Waals surface area contributed by atoms with E-state index in [1.165, 1.54) is 19.3 Å². The van der Waals surface area contributed by atoms with Gasteiger partial charge < -0.3 is 15.4 Å². The summed E-state index contributed by atoms with van der Waals surface area (Å²) < 4.78 is 5.23. The molecule has 1 aromatic heterocycles. The van der Waals surface area contributed by atoms with Crippen molar-refractivity contribution in [2.24, 2.45) is 0 Å². The molecule has 0 saturated heterocycles. The van der Waals surface area contributed by atoms with Crippen LogP contribution in [0, 0.1) is 6.92 Å². The minimum Gasteiger partial charge on any atom is -0.497 e. The summed E-state index contributed by atoms with van der Waals surface area (Å²) in [4.78, 5) is 21.2. The number of hydrogen-bond donors (Lipinski definition) is 2. The van der Waals surface area contributed by atoms with E-state index < -0.39 is 0 Å². The molecule has 0 unspecified atom stereocenters. The normalized spacial score (nSPS) is 14.8. The van der Waals surface area contributed by atoms with Crippen molar-refractivity contribution in [3.05, 3.63) is 41.9 Å². The minimum absolute atomic E-state index is 0.133. The summed E-state index contributed by atoms with van der Waals surface area (Å²) in [6.07, 6.45) is 5.70. The zero-order chi connectivity index (χ0) is 17.6. The molecule has 0 atom stereocenters. The van der Waals surface area contributed by atoms with Crippen molar-refractivity contribution < 1.29 is 9.53 Å². The number of rotatable bonds is 5. The van der Waals surface area contributed by atoms with Crippen molar-refractivity contribution in [3.8, 4) is 5.75 Å². The van der Waals surface area contributed by atoms with Crippen LogP contribution in [-0.4, -0.2) is 29.0 Å². The van der Waals surface area contributed by atoms with E-state index >= 15 is 0 Å². The van der Waals surface area contributed by atoms with Crippen molar-refractivity contribution in [2.75, 3.05) is 12.4 Å². The fourth-order valence-electron chi connectivity index (χ4n) is 3.10. The highest BCUT2D eigenvalue weighted by atomic mass is 16.5. The summed E-state index contributed by atoms with van der Waals surface area (Å²) in [5, 5.41) is 6.30. The lowest BCUT2D eigenvalue weighted by molar-refractivity contribution is 0.0922. The molecule has 1 heterocycles. The van der Waals surface area contributed by atoms with E-state index in [0.717, 1.165) is 24.3 Å². The molecule has 0 aliphatic heterocycles. The van der Waals surface area contributed by atoms with Gasteiger partial charge in [-0.15, -0.1) is 0 Å². The first-order chi connectivity index (χ1) is 12.1. The van der Waals surface area contributed by atoms with Crippen LogP contribution in [0.2, 0.25) is 0 Å². The maximum Gasteiger partial charge on any atom is 0.270 e. The van der Waals surface area contributed by atoms with E-state index in [1.807, 2.05) is 24.3 Å². The van der Waals surface area contributed by atoms with Gasteiger partial charge in [-0.05, 0) is 31.9 Å². The van der Waals surface area contributed by atoms with Gasteiger partial charge in [0.15, 0.2) is 0 Å². The Balaban J connectivity index is 1.74.